The van der Waals surface area contributed by atoms with Crippen LogP contribution >= 0.6 is 0 Å². The summed E-state index contributed by atoms with van der Waals surface area (Å²) < 4.78 is 5.37. The molecule has 2 rings (SSSR count). The van der Waals surface area contributed by atoms with Crippen LogP contribution in [0, 0.1) is 0 Å². The number of hydrogen-bond donors (Lipinski definition) is 1. The first-order chi connectivity index (χ1) is 7.35. The van der Waals surface area contributed by atoms with Crippen LogP contribution in [0.3, 0.4) is 0 Å². The van der Waals surface area contributed by atoms with Crippen molar-refractivity contribution in [2.45, 2.75) is 13.0 Å². The van der Waals surface area contributed by atoms with Crippen molar-refractivity contribution < 1.29 is 9.53 Å². The maximum absolute atomic E-state index is 10.9. The summed E-state index contributed by atoms with van der Waals surface area (Å²) in [5.41, 5.74) is 1.60. The summed E-state index contributed by atoms with van der Waals surface area (Å²) >= 11 is 0. The molecule has 78 valence electrons. The quantitative estimate of drug-likeness (QED) is 0.743. The minimum Gasteiger partial charge on any atom is -0.449 e. The average molecular weight is 204 g/mol. The summed E-state index contributed by atoms with van der Waals surface area (Å²) in [5, 5.41) is 2.96. The Hall–Kier alpha value is -1.84. The highest BCUT2D eigenvalue weighted by molar-refractivity contribution is 5.83. The topological polar surface area (TPSA) is 50.7 Å². The molecule has 0 saturated heterocycles. The first-order valence-corrected chi connectivity index (χ1v) is 4.88. The number of aldehydes is 1. The summed E-state index contributed by atoms with van der Waals surface area (Å²) in [7, 11) is 0. The van der Waals surface area contributed by atoms with Crippen LogP contribution in [-0.4, -0.2) is 18.9 Å². The fraction of sp³-hybridized carbons (Fsp3) is 0.273. The Morgan fingerprint density at radius 2 is 2.33 bits per heavy atom. The van der Waals surface area contributed by atoms with Crippen molar-refractivity contribution in [2.75, 3.05) is 6.54 Å². The van der Waals surface area contributed by atoms with E-state index in [9.17, 15) is 4.79 Å². The van der Waals surface area contributed by atoms with E-state index in [0.717, 1.165) is 17.5 Å². The number of ether oxygens (including phenoxy) is 1. The molecule has 1 aromatic carbocycles. The third kappa shape index (κ3) is 1.83. The van der Waals surface area contributed by atoms with Crippen LogP contribution in [0.5, 0.6) is 0 Å². The SMILES string of the molecule is CCNC1=Nc2ccccc2C(C=O)O1. The van der Waals surface area contributed by atoms with Gasteiger partial charge in [-0.15, -0.1) is 0 Å². The molecule has 0 saturated carbocycles. The number of nitrogens with one attached hydrogen (secondary N) is 1. The summed E-state index contributed by atoms with van der Waals surface area (Å²) in [6.45, 7) is 2.66. The lowest BCUT2D eigenvalue weighted by atomic mass is 10.1. The van der Waals surface area contributed by atoms with Gasteiger partial charge in [0, 0.05) is 12.1 Å². The van der Waals surface area contributed by atoms with Crippen molar-refractivity contribution in [3.8, 4) is 0 Å². The molecule has 1 N–H and O–H groups in total. The van der Waals surface area contributed by atoms with Gasteiger partial charge >= 0.3 is 0 Å². The zero-order chi connectivity index (χ0) is 10.7. The molecular weight excluding hydrogens is 192 g/mol. The van der Waals surface area contributed by atoms with Crippen molar-refractivity contribution in [2.24, 2.45) is 4.99 Å². The van der Waals surface area contributed by atoms with Crippen LogP contribution in [0.4, 0.5) is 5.69 Å². The lowest BCUT2D eigenvalue weighted by molar-refractivity contribution is -0.114. The van der Waals surface area contributed by atoms with E-state index in [1.165, 1.54) is 0 Å². The van der Waals surface area contributed by atoms with E-state index in [1.807, 2.05) is 31.2 Å². The normalized spacial score (nSPS) is 18.5. The largest absolute Gasteiger partial charge is 0.449 e. The van der Waals surface area contributed by atoms with Crippen molar-refractivity contribution in [3.63, 3.8) is 0 Å². The lowest BCUT2D eigenvalue weighted by Crippen LogP contribution is -2.29. The highest BCUT2D eigenvalue weighted by Gasteiger charge is 2.22. The molecule has 1 unspecified atom stereocenters. The van der Waals surface area contributed by atoms with Gasteiger partial charge in [0.05, 0.1) is 5.69 Å². The van der Waals surface area contributed by atoms with Gasteiger partial charge in [0.2, 0.25) is 0 Å². The van der Waals surface area contributed by atoms with Crippen molar-refractivity contribution in [1.82, 2.24) is 5.32 Å². The molecule has 0 bridgehead atoms. The Labute approximate surface area is 88.0 Å². The van der Waals surface area contributed by atoms with Gasteiger partial charge in [-0.25, -0.2) is 0 Å². The predicted octanol–water partition coefficient (Wildman–Crippen LogP) is 1.55. The molecular formula is C11H12N2O2. The number of rotatable bonds is 2. The van der Waals surface area contributed by atoms with Gasteiger partial charge in [0.15, 0.2) is 12.4 Å². The smallest absolute Gasteiger partial charge is 0.290 e. The van der Waals surface area contributed by atoms with Gasteiger partial charge in [-0.05, 0) is 13.0 Å². The van der Waals surface area contributed by atoms with Crippen molar-refractivity contribution in [3.05, 3.63) is 29.8 Å². The molecule has 15 heavy (non-hydrogen) atoms. The molecule has 1 aliphatic heterocycles. The second kappa shape index (κ2) is 4.13. The first kappa shape index (κ1) is 9.71. The van der Waals surface area contributed by atoms with Crippen LogP contribution in [-0.2, 0) is 9.53 Å². The molecule has 1 atom stereocenters. The Kier molecular flexibility index (Phi) is 2.67. The van der Waals surface area contributed by atoms with Gasteiger partial charge in [-0.2, -0.15) is 4.99 Å². The summed E-state index contributed by atoms with van der Waals surface area (Å²) in [5.74, 6) is 0. The fourth-order valence-corrected chi connectivity index (χ4v) is 1.48. The third-order valence-corrected chi connectivity index (χ3v) is 2.16. The van der Waals surface area contributed by atoms with Gasteiger partial charge in [-0.3, -0.25) is 4.79 Å². The van der Waals surface area contributed by atoms with Crippen molar-refractivity contribution >= 4 is 18.0 Å². The number of amidine groups is 1. The van der Waals surface area contributed by atoms with Crippen molar-refractivity contribution in [1.29, 1.82) is 0 Å². The summed E-state index contributed by atoms with van der Waals surface area (Å²) in [6.07, 6.45) is 0.234. The molecule has 4 heteroatoms. The number of nitrogens with zero attached hydrogens (tertiary/aromatic N) is 1. The van der Waals surface area contributed by atoms with Crippen LogP contribution in [0.1, 0.15) is 18.6 Å². The van der Waals surface area contributed by atoms with E-state index in [0.29, 0.717) is 12.6 Å². The average Bonchev–Trinajstić information content (AvgIpc) is 2.28. The van der Waals surface area contributed by atoms with Gasteiger partial charge in [-0.1, -0.05) is 18.2 Å². The molecule has 1 aliphatic rings. The van der Waals surface area contributed by atoms with E-state index >= 15 is 0 Å². The number of carbonyl (C=O) groups is 1. The second-order valence-electron chi connectivity index (χ2n) is 3.18. The maximum Gasteiger partial charge on any atom is 0.290 e. The Balaban J connectivity index is 2.38. The number of hydrogen-bond acceptors (Lipinski definition) is 4. The molecule has 0 amide bonds. The molecule has 4 nitrogen and oxygen atoms in total. The second-order valence-corrected chi connectivity index (χ2v) is 3.18. The van der Waals surface area contributed by atoms with E-state index in [-0.39, 0.29) is 0 Å². The Bertz CT molecular complexity index is 401. The Morgan fingerprint density at radius 3 is 3.07 bits per heavy atom. The molecule has 0 radical (unpaired) electrons. The molecule has 1 aromatic rings. The van der Waals surface area contributed by atoms with Gasteiger partial charge < -0.3 is 10.1 Å². The molecule has 0 spiro atoms. The zero-order valence-corrected chi connectivity index (χ0v) is 8.43. The number of para-hydroxylation sites is 1. The zero-order valence-electron chi connectivity index (χ0n) is 8.43. The molecule has 0 fully saturated rings. The van der Waals surface area contributed by atoms with Crippen LogP contribution in [0.2, 0.25) is 0 Å². The van der Waals surface area contributed by atoms with Crippen LogP contribution in [0.15, 0.2) is 29.3 Å². The lowest BCUT2D eigenvalue weighted by Gasteiger charge is -2.21. The minimum absolute atomic E-state index is 0.410. The summed E-state index contributed by atoms with van der Waals surface area (Å²) in [4.78, 5) is 15.1. The number of fused-ring (bicyclic) bond motifs is 1. The Morgan fingerprint density at radius 1 is 1.53 bits per heavy atom. The number of aliphatic imine (C=N–C) groups is 1. The first-order valence-electron chi connectivity index (χ1n) is 4.88. The van der Waals surface area contributed by atoms with E-state index in [4.69, 9.17) is 4.74 Å². The predicted molar refractivity (Wildman–Crippen MR) is 57.1 cm³/mol. The van der Waals surface area contributed by atoms with Gasteiger partial charge in [0.1, 0.15) is 0 Å². The molecule has 1 heterocycles. The number of benzene rings is 1. The maximum atomic E-state index is 10.9. The van der Waals surface area contributed by atoms with E-state index in [1.54, 1.807) is 0 Å². The molecule has 0 aromatic heterocycles. The monoisotopic (exact) mass is 204 g/mol. The van der Waals surface area contributed by atoms with E-state index in [2.05, 4.69) is 10.3 Å². The summed E-state index contributed by atoms with van der Waals surface area (Å²) in [6, 6.07) is 7.88. The van der Waals surface area contributed by atoms with Gasteiger partial charge in [0.25, 0.3) is 6.02 Å². The number of carbonyl (C=O) groups excluding carboxylic acids is 1. The van der Waals surface area contributed by atoms with Crippen LogP contribution in [0.25, 0.3) is 0 Å². The highest BCUT2D eigenvalue weighted by Crippen LogP contribution is 2.30. The third-order valence-electron chi connectivity index (χ3n) is 2.16. The fourth-order valence-electron chi connectivity index (χ4n) is 1.48. The minimum atomic E-state index is -0.548. The molecule has 0 aliphatic carbocycles. The van der Waals surface area contributed by atoms with Crippen LogP contribution < -0.4 is 5.32 Å². The highest BCUT2D eigenvalue weighted by atomic mass is 16.5. The standard InChI is InChI=1S/C11H12N2O2/c1-2-12-11-13-9-6-4-3-5-8(9)10(7-14)15-11/h3-7,10H,2H2,1H3,(H,12,13). The van der Waals surface area contributed by atoms with E-state index < -0.39 is 6.10 Å².